The highest BCUT2D eigenvalue weighted by Crippen LogP contribution is 2.27. The number of thiazole rings is 1. The largest absolute Gasteiger partial charge is 0.497 e. The zero-order valence-corrected chi connectivity index (χ0v) is 16.1. The van der Waals surface area contributed by atoms with Crippen LogP contribution in [0.25, 0.3) is 16.8 Å². The van der Waals surface area contributed by atoms with Gasteiger partial charge in [0.15, 0.2) is 0 Å². The van der Waals surface area contributed by atoms with E-state index in [-0.39, 0.29) is 5.69 Å². The maximum Gasteiger partial charge on any atom is 0.147 e. The van der Waals surface area contributed by atoms with Crippen molar-refractivity contribution in [2.45, 2.75) is 0 Å². The number of methoxy groups -OCH3 is 1. The van der Waals surface area contributed by atoms with Crippen molar-refractivity contribution in [1.29, 1.82) is 5.26 Å². The highest BCUT2D eigenvalue weighted by molar-refractivity contribution is 9.10. The number of allylic oxidation sites excluding steroid dienone is 1. The van der Waals surface area contributed by atoms with E-state index in [0.29, 0.717) is 15.1 Å². The Morgan fingerprint density at radius 2 is 2.08 bits per heavy atom. The lowest BCUT2D eigenvalue weighted by Crippen LogP contribution is -1.94. The second kappa shape index (κ2) is 8.13. The number of benzene rings is 2. The molecule has 0 atom stereocenters. The van der Waals surface area contributed by atoms with Gasteiger partial charge < -0.3 is 10.1 Å². The standard InChI is InChI=1S/C19H13BrFN3OS/c1-25-15-5-2-12(3-6-15)18-11-26-19(24-18)13(9-22)10-23-17-7-4-14(20)8-16(17)21/h2-8,10-11,23H,1H3. The Labute approximate surface area is 162 Å². The molecule has 0 amide bonds. The van der Waals surface area contributed by atoms with E-state index in [0.717, 1.165) is 17.0 Å². The van der Waals surface area contributed by atoms with Gasteiger partial charge in [-0.1, -0.05) is 15.9 Å². The van der Waals surface area contributed by atoms with Gasteiger partial charge in [0.05, 0.1) is 18.5 Å². The van der Waals surface area contributed by atoms with Gasteiger partial charge in [-0.25, -0.2) is 9.37 Å². The number of aromatic nitrogens is 1. The molecule has 0 spiro atoms. The van der Waals surface area contributed by atoms with Gasteiger partial charge in [0.2, 0.25) is 0 Å². The van der Waals surface area contributed by atoms with E-state index in [1.807, 2.05) is 29.6 Å². The number of halogens is 2. The molecule has 0 aliphatic carbocycles. The Hall–Kier alpha value is -2.69. The van der Waals surface area contributed by atoms with E-state index in [1.165, 1.54) is 23.6 Å². The fraction of sp³-hybridized carbons (Fsp3) is 0.0526. The van der Waals surface area contributed by atoms with Crippen LogP contribution >= 0.6 is 27.3 Å². The number of ether oxygens (including phenoxy) is 1. The number of nitrogens with one attached hydrogen (secondary N) is 1. The lowest BCUT2D eigenvalue weighted by Gasteiger charge is -2.03. The van der Waals surface area contributed by atoms with Crippen LogP contribution in [0, 0.1) is 17.1 Å². The fourth-order valence-corrected chi connectivity index (χ4v) is 3.32. The minimum atomic E-state index is -0.411. The van der Waals surface area contributed by atoms with E-state index in [9.17, 15) is 9.65 Å². The summed E-state index contributed by atoms with van der Waals surface area (Å²) in [7, 11) is 1.61. The summed E-state index contributed by atoms with van der Waals surface area (Å²) in [6.45, 7) is 0. The number of hydrogen-bond donors (Lipinski definition) is 1. The van der Waals surface area contributed by atoms with Gasteiger partial charge in [0, 0.05) is 21.6 Å². The lowest BCUT2D eigenvalue weighted by molar-refractivity contribution is 0.415. The van der Waals surface area contributed by atoms with Crippen LogP contribution in [0.2, 0.25) is 0 Å². The van der Waals surface area contributed by atoms with Crippen LogP contribution in [0.5, 0.6) is 5.75 Å². The summed E-state index contributed by atoms with van der Waals surface area (Å²) in [5.74, 6) is 0.355. The molecule has 1 heterocycles. The lowest BCUT2D eigenvalue weighted by atomic mass is 10.2. The molecule has 3 aromatic rings. The Bertz CT molecular complexity index is 993. The average Bonchev–Trinajstić information content (AvgIpc) is 3.14. The van der Waals surface area contributed by atoms with Crippen molar-refractivity contribution in [3.05, 3.63) is 69.3 Å². The molecule has 3 rings (SSSR count). The molecule has 0 radical (unpaired) electrons. The van der Waals surface area contributed by atoms with Crippen LogP contribution in [0.15, 0.2) is 58.5 Å². The summed E-state index contributed by atoms with van der Waals surface area (Å²) in [5.41, 5.74) is 2.31. The Morgan fingerprint density at radius 3 is 2.73 bits per heavy atom. The molecule has 1 N–H and O–H groups in total. The summed E-state index contributed by atoms with van der Waals surface area (Å²) in [4.78, 5) is 4.50. The maximum atomic E-state index is 13.9. The van der Waals surface area contributed by atoms with Gasteiger partial charge in [0.25, 0.3) is 0 Å². The van der Waals surface area contributed by atoms with Gasteiger partial charge in [-0.2, -0.15) is 5.26 Å². The smallest absolute Gasteiger partial charge is 0.147 e. The molecule has 0 saturated heterocycles. The number of nitriles is 1. The quantitative estimate of drug-likeness (QED) is 0.528. The summed E-state index contributed by atoms with van der Waals surface area (Å²) in [5, 5.41) is 14.7. The normalized spacial score (nSPS) is 11.1. The van der Waals surface area contributed by atoms with Gasteiger partial charge in [0.1, 0.15) is 28.2 Å². The van der Waals surface area contributed by atoms with E-state index < -0.39 is 5.82 Å². The van der Waals surface area contributed by atoms with Crippen molar-refractivity contribution in [3.63, 3.8) is 0 Å². The Morgan fingerprint density at radius 1 is 1.31 bits per heavy atom. The first-order chi connectivity index (χ1) is 12.6. The van der Waals surface area contributed by atoms with Crippen LogP contribution in [-0.4, -0.2) is 12.1 Å². The van der Waals surface area contributed by atoms with E-state index in [4.69, 9.17) is 4.74 Å². The molecule has 2 aromatic carbocycles. The van der Waals surface area contributed by atoms with Crippen LogP contribution < -0.4 is 10.1 Å². The first-order valence-corrected chi connectivity index (χ1v) is 9.20. The molecule has 4 nitrogen and oxygen atoms in total. The molecule has 130 valence electrons. The third-order valence-electron chi connectivity index (χ3n) is 3.54. The van der Waals surface area contributed by atoms with Crippen molar-refractivity contribution in [1.82, 2.24) is 4.98 Å². The zero-order chi connectivity index (χ0) is 18.5. The molecule has 0 unspecified atom stereocenters. The SMILES string of the molecule is COc1ccc(-c2csc(C(C#N)=CNc3ccc(Br)cc3F)n2)cc1. The van der Waals surface area contributed by atoms with Crippen molar-refractivity contribution in [2.75, 3.05) is 12.4 Å². The number of hydrogen-bond acceptors (Lipinski definition) is 5. The van der Waals surface area contributed by atoms with Gasteiger partial charge in [-0.05, 0) is 42.5 Å². The predicted octanol–water partition coefficient (Wildman–Crippen LogP) is 5.70. The van der Waals surface area contributed by atoms with Crippen molar-refractivity contribution >= 4 is 38.5 Å². The van der Waals surface area contributed by atoms with Gasteiger partial charge in [-0.15, -0.1) is 11.3 Å². The predicted molar refractivity (Wildman–Crippen MR) is 105 cm³/mol. The highest BCUT2D eigenvalue weighted by Gasteiger charge is 2.10. The average molecular weight is 430 g/mol. The topological polar surface area (TPSA) is 57.9 Å². The maximum absolute atomic E-state index is 13.9. The monoisotopic (exact) mass is 429 g/mol. The molecule has 0 bridgehead atoms. The summed E-state index contributed by atoms with van der Waals surface area (Å²) in [6, 6.07) is 14.3. The Balaban J connectivity index is 1.82. The summed E-state index contributed by atoms with van der Waals surface area (Å²) in [6.07, 6.45) is 1.46. The molecule has 0 fully saturated rings. The third kappa shape index (κ3) is 4.10. The summed E-state index contributed by atoms with van der Waals surface area (Å²) >= 11 is 4.56. The van der Waals surface area contributed by atoms with Crippen LogP contribution in [-0.2, 0) is 0 Å². The second-order valence-corrected chi connectivity index (χ2v) is 6.98. The number of nitrogens with zero attached hydrogens (tertiary/aromatic N) is 2. The molecule has 0 saturated carbocycles. The van der Waals surface area contributed by atoms with Gasteiger partial charge >= 0.3 is 0 Å². The third-order valence-corrected chi connectivity index (χ3v) is 4.91. The van der Waals surface area contributed by atoms with E-state index in [1.54, 1.807) is 19.2 Å². The van der Waals surface area contributed by atoms with E-state index in [2.05, 4.69) is 32.3 Å². The zero-order valence-electron chi connectivity index (χ0n) is 13.7. The first-order valence-electron chi connectivity index (χ1n) is 7.53. The minimum Gasteiger partial charge on any atom is -0.497 e. The van der Waals surface area contributed by atoms with Crippen LogP contribution in [0.3, 0.4) is 0 Å². The van der Waals surface area contributed by atoms with Crippen LogP contribution in [0.4, 0.5) is 10.1 Å². The van der Waals surface area contributed by atoms with Crippen molar-refractivity contribution < 1.29 is 9.13 Å². The molecule has 7 heteroatoms. The van der Waals surface area contributed by atoms with Crippen LogP contribution in [0.1, 0.15) is 5.01 Å². The molecular weight excluding hydrogens is 417 g/mol. The molecule has 0 aliphatic heterocycles. The molecule has 26 heavy (non-hydrogen) atoms. The first kappa shape index (κ1) is 18.1. The molecule has 0 aliphatic rings. The molecule has 1 aromatic heterocycles. The summed E-state index contributed by atoms with van der Waals surface area (Å²) < 4.78 is 19.7. The second-order valence-electron chi connectivity index (χ2n) is 5.20. The molecular formula is C19H13BrFN3OS. The van der Waals surface area contributed by atoms with Crippen molar-refractivity contribution in [3.8, 4) is 23.1 Å². The van der Waals surface area contributed by atoms with E-state index >= 15 is 0 Å². The highest BCUT2D eigenvalue weighted by atomic mass is 79.9. The minimum absolute atomic E-state index is 0.285. The Kier molecular flexibility index (Phi) is 5.66. The van der Waals surface area contributed by atoms with Gasteiger partial charge in [-0.3, -0.25) is 0 Å². The fourth-order valence-electron chi connectivity index (χ4n) is 2.19. The van der Waals surface area contributed by atoms with Crippen molar-refractivity contribution in [2.24, 2.45) is 0 Å². The number of rotatable bonds is 5. The number of anilines is 1.